The zero-order valence-corrected chi connectivity index (χ0v) is 12.7. The number of hydrogen-bond acceptors (Lipinski definition) is 2. The third kappa shape index (κ3) is 3.27. The van der Waals surface area contributed by atoms with Crippen LogP contribution in [-0.2, 0) is 6.54 Å². The number of nitrogens with one attached hydrogen (secondary N) is 1. The summed E-state index contributed by atoms with van der Waals surface area (Å²) in [6.07, 6.45) is 6.88. The second kappa shape index (κ2) is 6.07. The molecule has 0 heterocycles. The number of benzene rings is 1. The lowest BCUT2D eigenvalue weighted by atomic mass is 9.83. The Morgan fingerprint density at radius 3 is 2.67 bits per heavy atom. The quantitative estimate of drug-likeness (QED) is 0.804. The van der Waals surface area contributed by atoms with Gasteiger partial charge in [0.05, 0.1) is 0 Å². The topological polar surface area (TPSA) is 38.0 Å². The van der Waals surface area contributed by atoms with Crippen LogP contribution in [0.1, 0.15) is 44.6 Å². The number of nitrogen functional groups attached to an aromatic ring is 1. The molecule has 18 heavy (non-hydrogen) atoms. The molecule has 0 aliphatic heterocycles. The van der Waals surface area contributed by atoms with Gasteiger partial charge in [0.15, 0.2) is 0 Å². The number of hydrogen-bond donors (Lipinski definition) is 2. The summed E-state index contributed by atoms with van der Waals surface area (Å²) in [5, 5.41) is 3.61. The van der Waals surface area contributed by atoms with Crippen LogP contribution in [0.15, 0.2) is 22.7 Å². The van der Waals surface area contributed by atoms with Crippen LogP contribution in [0.2, 0.25) is 0 Å². The highest BCUT2D eigenvalue weighted by Gasteiger charge is 2.31. The van der Waals surface area contributed by atoms with Gasteiger partial charge >= 0.3 is 0 Å². The van der Waals surface area contributed by atoms with Gasteiger partial charge in [-0.15, -0.1) is 0 Å². The Hall–Kier alpha value is -0.540. The summed E-state index contributed by atoms with van der Waals surface area (Å²) in [7, 11) is 0. The lowest BCUT2D eigenvalue weighted by molar-refractivity contribution is 0.268. The predicted octanol–water partition coefficient (Wildman–Crippen LogP) is 4.09. The molecule has 0 radical (unpaired) electrons. The van der Waals surface area contributed by atoms with E-state index >= 15 is 0 Å². The third-order valence-corrected chi connectivity index (χ3v) is 5.03. The molecule has 2 nitrogen and oxygen atoms in total. The van der Waals surface area contributed by atoms with Crippen molar-refractivity contribution in [2.75, 3.05) is 12.3 Å². The highest BCUT2D eigenvalue weighted by Crippen LogP contribution is 2.40. The Bertz CT molecular complexity index is 397. The standard InChI is InChI=1S/C15H23BrN2/c1-2-15(7-3-4-8-15)11-18-10-12-5-6-13(16)14(17)9-12/h5-6,9,18H,2-4,7-8,10-11,17H2,1H3. The van der Waals surface area contributed by atoms with Crippen molar-refractivity contribution in [3.8, 4) is 0 Å². The first-order valence-corrected chi connectivity index (χ1v) is 7.69. The lowest BCUT2D eigenvalue weighted by Gasteiger charge is -2.27. The fraction of sp³-hybridized carbons (Fsp3) is 0.600. The SMILES string of the molecule is CCC1(CNCc2ccc(Br)c(N)c2)CCCC1. The maximum Gasteiger partial charge on any atom is 0.0461 e. The molecular weight excluding hydrogens is 288 g/mol. The van der Waals surface area contributed by atoms with Crippen LogP contribution in [0.25, 0.3) is 0 Å². The van der Waals surface area contributed by atoms with Crippen molar-refractivity contribution in [1.82, 2.24) is 5.32 Å². The summed E-state index contributed by atoms with van der Waals surface area (Å²) >= 11 is 3.43. The molecule has 0 aromatic heterocycles. The molecule has 3 heteroatoms. The largest absolute Gasteiger partial charge is 0.398 e. The fourth-order valence-corrected chi connectivity index (χ4v) is 3.20. The van der Waals surface area contributed by atoms with Crippen molar-refractivity contribution in [1.29, 1.82) is 0 Å². The molecule has 1 aromatic carbocycles. The minimum absolute atomic E-state index is 0.556. The van der Waals surface area contributed by atoms with Crippen molar-refractivity contribution in [3.05, 3.63) is 28.2 Å². The maximum absolute atomic E-state index is 5.89. The van der Waals surface area contributed by atoms with Crippen LogP contribution < -0.4 is 11.1 Å². The van der Waals surface area contributed by atoms with Gasteiger partial charge in [0.25, 0.3) is 0 Å². The molecular formula is C15H23BrN2. The van der Waals surface area contributed by atoms with E-state index in [0.717, 1.165) is 23.2 Å². The van der Waals surface area contributed by atoms with Crippen LogP contribution in [0.4, 0.5) is 5.69 Å². The molecule has 1 fully saturated rings. The maximum atomic E-state index is 5.89. The lowest BCUT2D eigenvalue weighted by Crippen LogP contribution is -2.31. The Morgan fingerprint density at radius 1 is 1.33 bits per heavy atom. The zero-order valence-electron chi connectivity index (χ0n) is 11.1. The van der Waals surface area contributed by atoms with E-state index in [-0.39, 0.29) is 0 Å². The molecule has 1 aliphatic carbocycles. The van der Waals surface area contributed by atoms with Crippen molar-refractivity contribution in [2.45, 2.75) is 45.6 Å². The molecule has 1 aliphatic rings. The van der Waals surface area contributed by atoms with E-state index in [1.165, 1.54) is 37.7 Å². The molecule has 0 atom stereocenters. The summed E-state index contributed by atoms with van der Waals surface area (Å²) in [5.74, 6) is 0. The first kappa shape index (κ1) is 13.9. The van der Waals surface area contributed by atoms with E-state index in [1.54, 1.807) is 0 Å². The zero-order chi connectivity index (χ0) is 13.0. The van der Waals surface area contributed by atoms with E-state index in [4.69, 9.17) is 5.73 Å². The average molecular weight is 311 g/mol. The van der Waals surface area contributed by atoms with Gasteiger partial charge in [0.2, 0.25) is 0 Å². The van der Waals surface area contributed by atoms with Crippen LogP contribution in [0.5, 0.6) is 0 Å². The first-order valence-electron chi connectivity index (χ1n) is 6.90. The number of nitrogens with two attached hydrogens (primary N) is 1. The molecule has 3 N–H and O–H groups in total. The summed E-state index contributed by atoms with van der Waals surface area (Å²) in [5.41, 5.74) is 8.53. The van der Waals surface area contributed by atoms with Gasteiger partial charge in [-0.25, -0.2) is 0 Å². The molecule has 0 bridgehead atoms. The van der Waals surface area contributed by atoms with Gasteiger partial charge in [-0.2, -0.15) is 0 Å². The van der Waals surface area contributed by atoms with Gasteiger partial charge in [-0.3, -0.25) is 0 Å². The summed E-state index contributed by atoms with van der Waals surface area (Å²) in [4.78, 5) is 0. The molecule has 100 valence electrons. The summed E-state index contributed by atoms with van der Waals surface area (Å²) in [6.45, 7) is 4.38. The number of rotatable bonds is 5. The smallest absolute Gasteiger partial charge is 0.0461 e. The van der Waals surface area contributed by atoms with E-state index in [9.17, 15) is 0 Å². The van der Waals surface area contributed by atoms with Gasteiger partial charge < -0.3 is 11.1 Å². The second-order valence-corrected chi connectivity index (χ2v) is 6.37. The summed E-state index contributed by atoms with van der Waals surface area (Å²) in [6, 6.07) is 6.20. The normalized spacial score (nSPS) is 18.1. The first-order chi connectivity index (χ1) is 8.65. The molecule has 1 saturated carbocycles. The minimum atomic E-state index is 0.556. The van der Waals surface area contributed by atoms with Crippen molar-refractivity contribution >= 4 is 21.6 Å². The fourth-order valence-electron chi connectivity index (χ4n) is 2.96. The van der Waals surface area contributed by atoms with Crippen LogP contribution in [0.3, 0.4) is 0 Å². The Morgan fingerprint density at radius 2 is 2.06 bits per heavy atom. The van der Waals surface area contributed by atoms with Gasteiger partial charge in [-0.1, -0.05) is 25.8 Å². The number of halogens is 1. The Balaban J connectivity index is 1.86. The van der Waals surface area contributed by atoms with E-state index in [2.05, 4.69) is 34.2 Å². The van der Waals surface area contributed by atoms with Gasteiger partial charge in [0, 0.05) is 23.2 Å². The Labute approximate surface area is 118 Å². The highest BCUT2D eigenvalue weighted by molar-refractivity contribution is 9.10. The van der Waals surface area contributed by atoms with Gasteiger partial charge in [-0.05, 0) is 58.3 Å². The van der Waals surface area contributed by atoms with Crippen LogP contribution >= 0.6 is 15.9 Å². The van der Waals surface area contributed by atoms with E-state index in [1.807, 2.05) is 12.1 Å². The molecule has 2 rings (SSSR count). The van der Waals surface area contributed by atoms with Crippen molar-refractivity contribution in [2.24, 2.45) is 5.41 Å². The van der Waals surface area contributed by atoms with Crippen LogP contribution in [0, 0.1) is 5.41 Å². The molecule has 0 amide bonds. The van der Waals surface area contributed by atoms with E-state index < -0.39 is 0 Å². The third-order valence-electron chi connectivity index (χ3n) is 4.30. The average Bonchev–Trinajstić information content (AvgIpc) is 2.83. The van der Waals surface area contributed by atoms with Crippen molar-refractivity contribution in [3.63, 3.8) is 0 Å². The molecule has 0 spiro atoms. The Kier molecular flexibility index (Phi) is 4.68. The number of anilines is 1. The monoisotopic (exact) mass is 310 g/mol. The van der Waals surface area contributed by atoms with Gasteiger partial charge in [0.1, 0.15) is 0 Å². The van der Waals surface area contributed by atoms with E-state index in [0.29, 0.717) is 5.41 Å². The highest BCUT2D eigenvalue weighted by atomic mass is 79.9. The summed E-state index contributed by atoms with van der Waals surface area (Å²) < 4.78 is 0.979. The minimum Gasteiger partial charge on any atom is -0.398 e. The predicted molar refractivity (Wildman–Crippen MR) is 81.5 cm³/mol. The molecule has 0 unspecified atom stereocenters. The van der Waals surface area contributed by atoms with Crippen LogP contribution in [-0.4, -0.2) is 6.54 Å². The van der Waals surface area contributed by atoms with Crippen molar-refractivity contribution < 1.29 is 0 Å². The molecule has 1 aromatic rings. The second-order valence-electron chi connectivity index (χ2n) is 5.52. The molecule has 0 saturated heterocycles.